The summed E-state index contributed by atoms with van der Waals surface area (Å²) >= 11 is 0. The second-order valence-electron chi connectivity index (χ2n) is 6.63. The predicted octanol–water partition coefficient (Wildman–Crippen LogP) is 2.83. The second kappa shape index (κ2) is 7.22. The third kappa shape index (κ3) is 3.93. The molecule has 11 heteroatoms. The summed E-state index contributed by atoms with van der Waals surface area (Å²) in [5, 5.41) is 2.68. The lowest BCUT2D eigenvalue weighted by atomic mass is 10.2. The Hall–Kier alpha value is -3.37. The zero-order valence-corrected chi connectivity index (χ0v) is 15.0. The number of hydrogen-bond acceptors (Lipinski definition) is 6. The van der Waals surface area contributed by atoms with Gasteiger partial charge < -0.3 is 9.64 Å². The topological polar surface area (TPSA) is 87.7 Å². The van der Waals surface area contributed by atoms with Crippen molar-refractivity contribution in [1.29, 1.82) is 0 Å². The molecule has 0 unspecified atom stereocenters. The second-order valence-corrected chi connectivity index (χ2v) is 6.63. The Morgan fingerprint density at radius 3 is 2.79 bits per heavy atom. The van der Waals surface area contributed by atoms with Gasteiger partial charge in [-0.15, -0.1) is 0 Å². The van der Waals surface area contributed by atoms with Gasteiger partial charge in [-0.25, -0.2) is 19.6 Å². The summed E-state index contributed by atoms with van der Waals surface area (Å²) in [6.07, 6.45) is -2.41. The molecule has 8 nitrogen and oxygen atoms in total. The highest BCUT2D eigenvalue weighted by Gasteiger charge is 2.41. The molecule has 0 aliphatic carbocycles. The fourth-order valence-corrected chi connectivity index (χ4v) is 3.41. The summed E-state index contributed by atoms with van der Waals surface area (Å²) in [6.45, 7) is -0.407. The van der Waals surface area contributed by atoms with E-state index in [2.05, 4.69) is 20.0 Å². The Morgan fingerprint density at radius 2 is 2.07 bits per heavy atom. The van der Waals surface area contributed by atoms with Crippen LogP contribution in [-0.4, -0.2) is 53.9 Å². The van der Waals surface area contributed by atoms with Gasteiger partial charge in [-0.1, -0.05) is 6.07 Å². The van der Waals surface area contributed by atoms with Crippen LogP contribution < -0.4 is 15.1 Å². The number of anilines is 3. The number of fused-ring (bicyclic) bond motifs is 4. The summed E-state index contributed by atoms with van der Waals surface area (Å²) in [7, 11) is 0. The molecule has 2 bridgehead atoms. The molecule has 0 radical (unpaired) electrons. The van der Waals surface area contributed by atoms with Gasteiger partial charge in [-0.05, 0) is 30.7 Å². The van der Waals surface area contributed by atoms with E-state index in [1.165, 1.54) is 17.2 Å². The first-order valence-corrected chi connectivity index (χ1v) is 8.83. The summed E-state index contributed by atoms with van der Waals surface area (Å²) in [6, 6.07) is 7.25. The molecule has 4 rings (SSSR count). The lowest BCUT2D eigenvalue weighted by molar-refractivity contribution is -0.161. The van der Waals surface area contributed by atoms with Gasteiger partial charge in [0.2, 0.25) is 0 Å². The number of esters is 1. The van der Waals surface area contributed by atoms with Crippen LogP contribution in [-0.2, 0) is 4.74 Å². The van der Waals surface area contributed by atoms with Gasteiger partial charge in [0.15, 0.2) is 18.1 Å². The number of carbonyl (C=O) groups is 2. The van der Waals surface area contributed by atoms with Crippen molar-refractivity contribution in [3.63, 3.8) is 0 Å². The van der Waals surface area contributed by atoms with Crippen LogP contribution in [0, 0.1) is 0 Å². The number of nitrogens with one attached hydrogen (secondary N) is 1. The summed E-state index contributed by atoms with van der Waals surface area (Å²) in [4.78, 5) is 36.6. The van der Waals surface area contributed by atoms with Crippen molar-refractivity contribution in [3.8, 4) is 0 Å². The van der Waals surface area contributed by atoms with Crippen molar-refractivity contribution >= 4 is 29.3 Å². The van der Waals surface area contributed by atoms with Gasteiger partial charge in [0.1, 0.15) is 5.82 Å². The largest absolute Gasteiger partial charge is 0.451 e. The van der Waals surface area contributed by atoms with Crippen LogP contribution in [0.2, 0.25) is 0 Å². The van der Waals surface area contributed by atoms with E-state index in [9.17, 15) is 22.8 Å². The van der Waals surface area contributed by atoms with Crippen LogP contribution in [0.25, 0.3) is 0 Å². The molecule has 0 spiro atoms. The van der Waals surface area contributed by atoms with E-state index in [1.807, 2.05) is 4.90 Å². The number of pyridine rings is 2. The van der Waals surface area contributed by atoms with E-state index in [0.29, 0.717) is 31.0 Å². The lowest BCUT2D eigenvalue weighted by Crippen LogP contribution is -2.48. The van der Waals surface area contributed by atoms with Crippen LogP contribution in [0.5, 0.6) is 0 Å². The maximum absolute atomic E-state index is 12.9. The quantitative estimate of drug-likeness (QED) is 0.788. The smallest absolute Gasteiger partial charge is 0.422 e. The number of alkyl halides is 3. The summed E-state index contributed by atoms with van der Waals surface area (Å²) < 4.78 is 41.2. The Balaban J connectivity index is 1.62. The van der Waals surface area contributed by atoms with Gasteiger partial charge in [0.25, 0.3) is 0 Å². The lowest BCUT2D eigenvalue weighted by Gasteiger charge is -2.35. The molecule has 0 aromatic carbocycles. The maximum atomic E-state index is 12.9. The van der Waals surface area contributed by atoms with E-state index < -0.39 is 24.8 Å². The molecule has 1 atom stereocenters. The monoisotopic (exact) mass is 407 g/mol. The highest BCUT2D eigenvalue weighted by atomic mass is 19.4. The van der Waals surface area contributed by atoms with Crippen molar-refractivity contribution < 1.29 is 27.5 Å². The van der Waals surface area contributed by atoms with Crippen LogP contribution in [0.4, 0.5) is 35.3 Å². The number of hydrogen-bond donors (Lipinski definition) is 1. The fourth-order valence-electron chi connectivity index (χ4n) is 3.41. The van der Waals surface area contributed by atoms with E-state index >= 15 is 0 Å². The minimum Gasteiger partial charge on any atom is -0.451 e. The number of urea groups is 1. The summed E-state index contributed by atoms with van der Waals surface area (Å²) in [5.74, 6) is -0.656. The van der Waals surface area contributed by atoms with Crippen LogP contribution in [0.1, 0.15) is 16.9 Å². The third-order valence-electron chi connectivity index (χ3n) is 4.65. The van der Waals surface area contributed by atoms with Gasteiger partial charge >= 0.3 is 18.2 Å². The van der Waals surface area contributed by atoms with E-state index in [1.54, 1.807) is 24.3 Å². The van der Waals surface area contributed by atoms with E-state index in [0.717, 1.165) is 0 Å². The molecule has 2 aromatic heterocycles. The van der Waals surface area contributed by atoms with Crippen molar-refractivity contribution in [1.82, 2.24) is 9.97 Å². The normalized spacial score (nSPS) is 17.7. The molecule has 4 heterocycles. The minimum absolute atomic E-state index is 0.180. The molecule has 1 saturated heterocycles. The van der Waals surface area contributed by atoms with Crippen LogP contribution >= 0.6 is 0 Å². The fraction of sp³-hybridized carbons (Fsp3) is 0.333. The number of aromatic nitrogens is 2. The molecule has 1 N–H and O–H groups in total. The first kappa shape index (κ1) is 19.0. The van der Waals surface area contributed by atoms with Gasteiger partial charge in [0, 0.05) is 19.3 Å². The average Bonchev–Trinajstić information content (AvgIpc) is 3.10. The Morgan fingerprint density at radius 1 is 1.24 bits per heavy atom. The first-order chi connectivity index (χ1) is 13.8. The van der Waals surface area contributed by atoms with Crippen molar-refractivity contribution in [3.05, 3.63) is 42.2 Å². The molecule has 152 valence electrons. The summed E-state index contributed by atoms with van der Waals surface area (Å²) in [5.41, 5.74) is 0.327. The standard InChI is InChI=1S/C18H16F3N5O3/c19-18(20,21)10-29-16(27)12-4-5-13-15(23-12)26(11-6-8-25(13)9-11)17(28)24-14-3-1-2-7-22-14/h1-5,7,11H,6,8-10H2,(H,22,24,28)/t11-/m0/s1. The maximum Gasteiger partial charge on any atom is 0.422 e. The van der Waals surface area contributed by atoms with Crippen molar-refractivity contribution in [2.75, 3.05) is 34.8 Å². The van der Waals surface area contributed by atoms with E-state index in [4.69, 9.17) is 0 Å². The number of halogens is 3. The van der Waals surface area contributed by atoms with Crippen LogP contribution in [0.15, 0.2) is 36.5 Å². The van der Waals surface area contributed by atoms with Crippen molar-refractivity contribution in [2.24, 2.45) is 0 Å². The number of nitrogens with zero attached hydrogens (tertiary/aromatic N) is 4. The minimum atomic E-state index is -4.64. The Labute approximate surface area is 163 Å². The van der Waals surface area contributed by atoms with Crippen molar-refractivity contribution in [2.45, 2.75) is 18.6 Å². The highest BCUT2D eigenvalue weighted by molar-refractivity contribution is 6.04. The molecule has 0 saturated carbocycles. The highest BCUT2D eigenvalue weighted by Crippen LogP contribution is 2.39. The molecular formula is C18H16F3N5O3. The number of rotatable bonds is 3. The SMILES string of the molecule is O=C(OCC(F)(F)F)c1ccc2c(n1)N(C(=O)Nc1ccccn1)[C@H]1CCN2C1. The number of ether oxygens (including phenoxy) is 1. The Bertz CT molecular complexity index is 938. The van der Waals surface area contributed by atoms with Gasteiger partial charge in [-0.3, -0.25) is 10.2 Å². The molecule has 2 amide bonds. The molecular weight excluding hydrogens is 391 g/mol. The van der Waals surface area contributed by atoms with Gasteiger partial charge in [0.05, 0.1) is 11.7 Å². The molecule has 29 heavy (non-hydrogen) atoms. The zero-order chi connectivity index (χ0) is 20.6. The molecule has 2 aliphatic rings. The predicted molar refractivity (Wildman–Crippen MR) is 96.9 cm³/mol. The molecule has 2 aromatic rings. The van der Waals surface area contributed by atoms with E-state index in [-0.39, 0.29) is 17.6 Å². The number of carbonyl (C=O) groups excluding carboxylic acids is 2. The zero-order valence-electron chi connectivity index (χ0n) is 15.0. The third-order valence-corrected chi connectivity index (χ3v) is 4.65. The van der Waals surface area contributed by atoms with Gasteiger partial charge in [-0.2, -0.15) is 13.2 Å². The number of amides is 2. The first-order valence-electron chi connectivity index (χ1n) is 8.83. The Kier molecular flexibility index (Phi) is 4.73. The average molecular weight is 407 g/mol. The molecule has 1 fully saturated rings. The van der Waals surface area contributed by atoms with Crippen LogP contribution in [0.3, 0.4) is 0 Å². The molecule has 2 aliphatic heterocycles.